The second-order valence-corrected chi connectivity index (χ2v) is 6.03. The third-order valence-corrected chi connectivity index (χ3v) is 4.55. The van der Waals surface area contributed by atoms with Gasteiger partial charge in [0, 0.05) is 11.5 Å². The van der Waals surface area contributed by atoms with Crippen LogP contribution < -0.4 is 5.73 Å². The average Bonchev–Trinajstić information content (AvgIpc) is 3.05. The van der Waals surface area contributed by atoms with Crippen molar-refractivity contribution in [2.45, 2.75) is 24.5 Å². The van der Waals surface area contributed by atoms with Gasteiger partial charge in [0.25, 0.3) is 0 Å². The molecule has 8 nitrogen and oxygen atoms in total. The highest BCUT2D eigenvalue weighted by molar-refractivity contribution is 7.99. The van der Waals surface area contributed by atoms with E-state index in [1.54, 1.807) is 22.4 Å². The van der Waals surface area contributed by atoms with Crippen molar-refractivity contribution in [2.24, 2.45) is 0 Å². The number of nitrogen functional groups attached to an aromatic ring is 1. The Labute approximate surface area is 131 Å². The number of fused-ring (bicyclic) bond motifs is 1. The first-order chi connectivity index (χ1) is 10.6. The molecule has 3 rings (SSSR count). The number of nitrogens with zero attached hydrogens (tertiary/aromatic N) is 4. The molecule has 1 aliphatic rings. The number of anilines is 1. The zero-order valence-electron chi connectivity index (χ0n) is 11.7. The Morgan fingerprint density at radius 2 is 2.18 bits per heavy atom. The number of hydrogen-bond acceptors (Lipinski definition) is 8. The molecule has 2 aromatic heterocycles. The summed E-state index contributed by atoms with van der Waals surface area (Å²) in [5.41, 5.74) is 6.65. The number of nitrogens with two attached hydrogens (primary N) is 1. The van der Waals surface area contributed by atoms with Gasteiger partial charge in [-0.15, -0.1) is 6.58 Å². The van der Waals surface area contributed by atoms with Gasteiger partial charge in [0.15, 0.2) is 17.7 Å². The van der Waals surface area contributed by atoms with Gasteiger partial charge in [0.1, 0.15) is 24.1 Å². The van der Waals surface area contributed by atoms with Crippen molar-refractivity contribution in [3.8, 4) is 0 Å². The molecule has 2 aromatic rings. The molecule has 0 amide bonds. The van der Waals surface area contributed by atoms with Crippen LogP contribution in [-0.4, -0.2) is 59.5 Å². The van der Waals surface area contributed by atoms with Crippen molar-refractivity contribution in [2.75, 3.05) is 17.2 Å². The highest BCUT2D eigenvalue weighted by Crippen LogP contribution is 2.33. The third-order valence-electron chi connectivity index (χ3n) is 3.52. The largest absolute Gasteiger partial charge is 0.387 e. The summed E-state index contributed by atoms with van der Waals surface area (Å²) in [6.45, 7) is 3.64. The summed E-state index contributed by atoms with van der Waals surface area (Å²) in [5, 5.41) is 20.4. The molecule has 9 heteroatoms. The summed E-state index contributed by atoms with van der Waals surface area (Å²) < 4.78 is 7.36. The molecule has 4 N–H and O–H groups in total. The number of imidazole rings is 1. The van der Waals surface area contributed by atoms with Crippen LogP contribution in [0, 0.1) is 0 Å². The lowest BCUT2D eigenvalue weighted by Gasteiger charge is -2.16. The second-order valence-electron chi connectivity index (χ2n) is 4.96. The van der Waals surface area contributed by atoms with E-state index in [0.717, 1.165) is 5.75 Å². The Bertz CT molecular complexity index is 679. The molecule has 0 saturated carbocycles. The highest BCUT2D eigenvalue weighted by atomic mass is 32.2. The lowest BCUT2D eigenvalue weighted by Crippen LogP contribution is -2.32. The first kappa shape index (κ1) is 15.2. The van der Waals surface area contributed by atoms with Crippen molar-refractivity contribution in [3.05, 3.63) is 25.3 Å². The van der Waals surface area contributed by atoms with Crippen LogP contribution in [0.15, 0.2) is 25.3 Å². The van der Waals surface area contributed by atoms with Crippen LogP contribution >= 0.6 is 11.8 Å². The SMILES string of the molecule is C=CCSC[C@H]1O[C@@H](n2cnc3c(N)ncnc32)C(O)C1O. The van der Waals surface area contributed by atoms with E-state index in [-0.39, 0.29) is 5.82 Å². The zero-order chi connectivity index (χ0) is 15.7. The second kappa shape index (κ2) is 6.21. The van der Waals surface area contributed by atoms with E-state index < -0.39 is 24.5 Å². The highest BCUT2D eigenvalue weighted by Gasteiger charge is 2.44. The number of aromatic nitrogens is 4. The Morgan fingerprint density at radius 1 is 1.36 bits per heavy atom. The fraction of sp³-hybridized carbons (Fsp3) is 0.462. The van der Waals surface area contributed by atoms with Crippen molar-refractivity contribution in [3.63, 3.8) is 0 Å². The van der Waals surface area contributed by atoms with Crippen LogP contribution in [0.1, 0.15) is 6.23 Å². The lowest BCUT2D eigenvalue weighted by atomic mass is 10.1. The summed E-state index contributed by atoms with van der Waals surface area (Å²) in [6.07, 6.45) is 1.32. The first-order valence-corrected chi connectivity index (χ1v) is 7.92. The predicted molar refractivity (Wildman–Crippen MR) is 83.2 cm³/mol. The maximum atomic E-state index is 10.3. The Kier molecular flexibility index (Phi) is 4.30. The molecule has 0 bridgehead atoms. The maximum Gasteiger partial charge on any atom is 0.167 e. The summed E-state index contributed by atoms with van der Waals surface area (Å²) in [4.78, 5) is 12.1. The molecule has 0 aromatic carbocycles. The fourth-order valence-corrected chi connectivity index (χ4v) is 3.23. The molecule has 22 heavy (non-hydrogen) atoms. The van der Waals surface area contributed by atoms with Gasteiger partial charge in [-0.1, -0.05) is 6.08 Å². The van der Waals surface area contributed by atoms with E-state index in [2.05, 4.69) is 21.5 Å². The summed E-state index contributed by atoms with van der Waals surface area (Å²) in [7, 11) is 0. The standard InChI is InChI=1S/C13H17N5O3S/c1-2-3-22-4-7-9(19)10(20)13(21-7)18-6-17-8-11(14)15-5-16-12(8)18/h2,5-7,9-10,13,19-20H,1,3-4H2,(H2,14,15,16)/t7-,9?,10?,13-/m1/s1. The van der Waals surface area contributed by atoms with E-state index in [1.165, 1.54) is 12.7 Å². The van der Waals surface area contributed by atoms with Crippen molar-refractivity contribution >= 4 is 28.7 Å². The van der Waals surface area contributed by atoms with Crippen LogP contribution in [0.25, 0.3) is 11.2 Å². The molecule has 4 atom stereocenters. The van der Waals surface area contributed by atoms with E-state index in [1.807, 2.05) is 0 Å². The van der Waals surface area contributed by atoms with Gasteiger partial charge in [0.05, 0.1) is 12.4 Å². The monoisotopic (exact) mass is 323 g/mol. The smallest absolute Gasteiger partial charge is 0.167 e. The summed E-state index contributed by atoms with van der Waals surface area (Å²) >= 11 is 1.58. The average molecular weight is 323 g/mol. The van der Waals surface area contributed by atoms with Crippen LogP contribution in [0.3, 0.4) is 0 Å². The zero-order valence-corrected chi connectivity index (χ0v) is 12.6. The molecule has 118 valence electrons. The van der Waals surface area contributed by atoms with Gasteiger partial charge in [-0.05, 0) is 0 Å². The molecule has 3 heterocycles. The van der Waals surface area contributed by atoms with Crippen LogP contribution in [0.5, 0.6) is 0 Å². The van der Waals surface area contributed by atoms with Crippen LogP contribution in [0.2, 0.25) is 0 Å². The molecule has 1 saturated heterocycles. The van der Waals surface area contributed by atoms with Gasteiger partial charge in [0.2, 0.25) is 0 Å². The molecule has 2 unspecified atom stereocenters. The van der Waals surface area contributed by atoms with E-state index in [4.69, 9.17) is 10.5 Å². The molecule has 0 spiro atoms. The lowest BCUT2D eigenvalue weighted by molar-refractivity contribution is -0.0288. The topological polar surface area (TPSA) is 119 Å². The van der Waals surface area contributed by atoms with E-state index in [9.17, 15) is 10.2 Å². The van der Waals surface area contributed by atoms with Gasteiger partial charge in [-0.25, -0.2) is 15.0 Å². The molecule has 1 aliphatic heterocycles. The maximum absolute atomic E-state index is 10.3. The minimum atomic E-state index is -1.07. The Hall–Kier alpha value is -1.68. The van der Waals surface area contributed by atoms with Crippen LogP contribution in [-0.2, 0) is 4.74 Å². The number of thioether (sulfide) groups is 1. The predicted octanol–water partition coefficient (Wildman–Crippen LogP) is -0.0531. The number of aliphatic hydroxyl groups is 2. The van der Waals surface area contributed by atoms with Gasteiger partial charge >= 0.3 is 0 Å². The normalized spacial score (nSPS) is 28.3. The molecule has 1 fully saturated rings. The number of aliphatic hydroxyl groups excluding tert-OH is 2. The summed E-state index contributed by atoms with van der Waals surface area (Å²) in [5.74, 6) is 1.57. The molecule has 0 aliphatic carbocycles. The van der Waals surface area contributed by atoms with Crippen molar-refractivity contribution in [1.29, 1.82) is 0 Å². The van der Waals surface area contributed by atoms with Crippen LogP contribution in [0.4, 0.5) is 5.82 Å². The van der Waals surface area contributed by atoms with Gasteiger partial charge in [-0.3, -0.25) is 4.57 Å². The van der Waals surface area contributed by atoms with Crippen molar-refractivity contribution < 1.29 is 14.9 Å². The first-order valence-electron chi connectivity index (χ1n) is 6.76. The Balaban J connectivity index is 1.84. The minimum absolute atomic E-state index is 0.259. The van der Waals surface area contributed by atoms with Crippen molar-refractivity contribution in [1.82, 2.24) is 19.5 Å². The van der Waals surface area contributed by atoms with Gasteiger partial charge < -0.3 is 20.7 Å². The number of ether oxygens (including phenoxy) is 1. The summed E-state index contributed by atoms with van der Waals surface area (Å²) in [6, 6.07) is 0. The van der Waals surface area contributed by atoms with Gasteiger partial charge in [-0.2, -0.15) is 11.8 Å². The molecular formula is C13H17N5O3S. The quantitative estimate of drug-likeness (QED) is 0.517. The third kappa shape index (κ3) is 2.56. The molecule has 0 radical (unpaired) electrons. The van der Waals surface area contributed by atoms with E-state index >= 15 is 0 Å². The van der Waals surface area contributed by atoms with E-state index in [0.29, 0.717) is 16.9 Å². The Morgan fingerprint density at radius 3 is 2.95 bits per heavy atom. The fourth-order valence-electron chi connectivity index (χ4n) is 2.42. The number of hydrogen-bond donors (Lipinski definition) is 3. The number of rotatable bonds is 5. The molecular weight excluding hydrogens is 306 g/mol. The minimum Gasteiger partial charge on any atom is -0.387 e.